The van der Waals surface area contributed by atoms with Gasteiger partial charge in [0.1, 0.15) is 5.75 Å². The van der Waals surface area contributed by atoms with Crippen LogP contribution in [0.1, 0.15) is 44.2 Å². The van der Waals surface area contributed by atoms with Crippen LogP contribution in [0.3, 0.4) is 0 Å². The standard InChI is InChI=1S/C25H28N4O4S/c1-5-12-29-24(17(4)33-20-9-6-18(7-10-20)16(2)3)27-28-25(29)34-14-23(30)26-19-8-11-21-22(13-19)32-15-31-21/h5-11,13,16-17H,1,12,14-15H2,2-4H3,(H,26,30). The van der Waals surface area contributed by atoms with E-state index < -0.39 is 0 Å². The maximum Gasteiger partial charge on any atom is 0.234 e. The number of amides is 1. The number of anilines is 1. The van der Waals surface area contributed by atoms with Gasteiger partial charge in [0.15, 0.2) is 28.6 Å². The third-order valence-electron chi connectivity index (χ3n) is 5.27. The summed E-state index contributed by atoms with van der Waals surface area (Å²) in [5.74, 6) is 3.21. The second-order valence-corrected chi connectivity index (χ2v) is 9.07. The molecule has 0 saturated carbocycles. The van der Waals surface area contributed by atoms with Crippen molar-refractivity contribution in [2.75, 3.05) is 17.9 Å². The molecule has 0 saturated heterocycles. The molecule has 3 aromatic rings. The van der Waals surface area contributed by atoms with Crippen LogP contribution in [0.5, 0.6) is 17.2 Å². The van der Waals surface area contributed by atoms with E-state index in [1.54, 1.807) is 24.3 Å². The number of nitrogens with zero attached hydrogens (tertiary/aromatic N) is 3. The highest BCUT2D eigenvalue weighted by Gasteiger charge is 2.20. The number of ether oxygens (including phenoxy) is 3. The smallest absolute Gasteiger partial charge is 0.234 e. The van der Waals surface area contributed by atoms with Crippen molar-refractivity contribution < 1.29 is 19.0 Å². The first-order chi connectivity index (χ1) is 16.4. The van der Waals surface area contributed by atoms with Gasteiger partial charge in [-0.15, -0.1) is 16.8 Å². The van der Waals surface area contributed by atoms with E-state index in [1.807, 2.05) is 23.6 Å². The fraction of sp³-hybridized carbons (Fsp3) is 0.320. The van der Waals surface area contributed by atoms with E-state index in [0.29, 0.717) is 40.6 Å². The molecule has 0 spiro atoms. The Morgan fingerprint density at radius 2 is 1.94 bits per heavy atom. The lowest BCUT2D eigenvalue weighted by atomic mass is 10.0. The lowest BCUT2D eigenvalue weighted by Gasteiger charge is -2.16. The van der Waals surface area contributed by atoms with Crippen LogP contribution in [0.15, 0.2) is 60.3 Å². The summed E-state index contributed by atoms with van der Waals surface area (Å²) in [5, 5.41) is 12.1. The summed E-state index contributed by atoms with van der Waals surface area (Å²) in [6, 6.07) is 13.4. The van der Waals surface area contributed by atoms with Crippen LogP contribution >= 0.6 is 11.8 Å². The SMILES string of the molecule is C=CCn1c(SCC(=O)Nc2ccc3c(c2)OCO3)nnc1C(C)Oc1ccc(C(C)C)cc1. The minimum absolute atomic E-state index is 0.159. The van der Waals surface area contributed by atoms with E-state index >= 15 is 0 Å². The second-order valence-electron chi connectivity index (χ2n) is 8.13. The quantitative estimate of drug-likeness (QED) is 0.316. The molecule has 9 heteroatoms. The number of carbonyl (C=O) groups excluding carboxylic acids is 1. The summed E-state index contributed by atoms with van der Waals surface area (Å²) < 4.78 is 18.7. The molecule has 0 radical (unpaired) electrons. The molecule has 0 bridgehead atoms. The van der Waals surface area contributed by atoms with Crippen LogP contribution in [-0.4, -0.2) is 33.2 Å². The average Bonchev–Trinajstić information content (AvgIpc) is 3.45. The molecular weight excluding hydrogens is 452 g/mol. The van der Waals surface area contributed by atoms with Gasteiger partial charge in [0, 0.05) is 18.3 Å². The third-order valence-corrected chi connectivity index (χ3v) is 6.24. The normalized spacial score (nSPS) is 13.1. The molecular formula is C25H28N4O4S. The predicted octanol–water partition coefficient (Wildman–Crippen LogP) is 5.19. The zero-order valence-corrected chi connectivity index (χ0v) is 20.3. The zero-order chi connectivity index (χ0) is 24.1. The summed E-state index contributed by atoms with van der Waals surface area (Å²) in [7, 11) is 0. The predicted molar refractivity (Wildman–Crippen MR) is 132 cm³/mol. The van der Waals surface area contributed by atoms with E-state index in [2.05, 4.69) is 48.1 Å². The zero-order valence-electron chi connectivity index (χ0n) is 19.5. The van der Waals surface area contributed by atoms with Crippen molar-refractivity contribution in [3.63, 3.8) is 0 Å². The largest absolute Gasteiger partial charge is 0.483 e. The molecule has 1 aliphatic heterocycles. The van der Waals surface area contributed by atoms with E-state index in [4.69, 9.17) is 14.2 Å². The Bertz CT molecular complexity index is 1160. The van der Waals surface area contributed by atoms with E-state index in [-0.39, 0.29) is 24.6 Å². The van der Waals surface area contributed by atoms with Gasteiger partial charge in [0.2, 0.25) is 12.7 Å². The van der Waals surface area contributed by atoms with Gasteiger partial charge in [0.05, 0.1) is 5.75 Å². The minimum atomic E-state index is -0.325. The highest BCUT2D eigenvalue weighted by molar-refractivity contribution is 7.99. The number of aromatic nitrogens is 3. The first kappa shape index (κ1) is 23.7. The van der Waals surface area contributed by atoms with Gasteiger partial charge in [-0.25, -0.2) is 0 Å². The summed E-state index contributed by atoms with van der Waals surface area (Å²) in [4.78, 5) is 12.5. The van der Waals surface area contributed by atoms with Crippen molar-refractivity contribution in [1.82, 2.24) is 14.8 Å². The Balaban J connectivity index is 1.39. The van der Waals surface area contributed by atoms with Crippen LogP contribution in [0, 0.1) is 0 Å². The number of carbonyl (C=O) groups is 1. The van der Waals surface area contributed by atoms with Crippen LogP contribution in [0.2, 0.25) is 0 Å². The third kappa shape index (κ3) is 5.53. The maximum absolute atomic E-state index is 12.5. The molecule has 1 aromatic heterocycles. The number of rotatable bonds is 10. The highest BCUT2D eigenvalue weighted by atomic mass is 32.2. The second kappa shape index (κ2) is 10.6. The van der Waals surface area contributed by atoms with Crippen molar-refractivity contribution >= 4 is 23.4 Å². The Hall–Kier alpha value is -3.46. The average molecular weight is 481 g/mol. The van der Waals surface area contributed by atoms with Crippen molar-refractivity contribution in [3.8, 4) is 17.2 Å². The van der Waals surface area contributed by atoms with Crippen LogP contribution < -0.4 is 19.5 Å². The van der Waals surface area contributed by atoms with Gasteiger partial charge < -0.3 is 19.5 Å². The monoisotopic (exact) mass is 480 g/mol. The summed E-state index contributed by atoms with van der Waals surface area (Å²) >= 11 is 1.31. The first-order valence-electron chi connectivity index (χ1n) is 11.1. The Labute approximate surface area is 203 Å². The number of hydrogen-bond donors (Lipinski definition) is 1. The summed E-state index contributed by atoms with van der Waals surface area (Å²) in [6.45, 7) is 10.8. The van der Waals surface area contributed by atoms with Gasteiger partial charge in [0.25, 0.3) is 0 Å². The number of thioether (sulfide) groups is 1. The lowest BCUT2D eigenvalue weighted by molar-refractivity contribution is -0.113. The molecule has 178 valence electrons. The van der Waals surface area contributed by atoms with Gasteiger partial charge in [-0.1, -0.05) is 43.8 Å². The molecule has 1 aliphatic rings. The van der Waals surface area contributed by atoms with E-state index in [9.17, 15) is 4.79 Å². The van der Waals surface area contributed by atoms with Gasteiger partial charge in [-0.3, -0.25) is 9.36 Å². The Kier molecular flexibility index (Phi) is 7.42. The van der Waals surface area contributed by atoms with E-state index in [0.717, 1.165) is 5.75 Å². The molecule has 8 nitrogen and oxygen atoms in total. The molecule has 1 N–H and O–H groups in total. The molecule has 4 rings (SSSR count). The molecule has 2 heterocycles. The van der Waals surface area contributed by atoms with Crippen molar-refractivity contribution in [2.24, 2.45) is 0 Å². The number of allylic oxidation sites excluding steroid dienone is 1. The molecule has 0 fully saturated rings. The van der Waals surface area contributed by atoms with Crippen molar-refractivity contribution in [3.05, 3.63) is 66.5 Å². The van der Waals surface area contributed by atoms with Gasteiger partial charge in [-0.05, 0) is 42.7 Å². The Morgan fingerprint density at radius 1 is 1.18 bits per heavy atom. The molecule has 0 aliphatic carbocycles. The summed E-state index contributed by atoms with van der Waals surface area (Å²) in [6.07, 6.45) is 1.45. The fourth-order valence-corrected chi connectivity index (χ4v) is 4.25. The lowest BCUT2D eigenvalue weighted by Crippen LogP contribution is -2.15. The number of fused-ring (bicyclic) bond motifs is 1. The molecule has 1 unspecified atom stereocenters. The van der Waals surface area contributed by atoms with Gasteiger partial charge in [-0.2, -0.15) is 0 Å². The van der Waals surface area contributed by atoms with Crippen LogP contribution in [0.4, 0.5) is 5.69 Å². The fourth-order valence-electron chi connectivity index (χ4n) is 3.50. The minimum Gasteiger partial charge on any atom is -0.483 e. The molecule has 1 amide bonds. The highest BCUT2D eigenvalue weighted by Crippen LogP contribution is 2.34. The summed E-state index contributed by atoms with van der Waals surface area (Å²) in [5.41, 5.74) is 1.90. The van der Waals surface area contributed by atoms with Gasteiger partial charge >= 0.3 is 0 Å². The maximum atomic E-state index is 12.5. The van der Waals surface area contributed by atoms with Crippen molar-refractivity contribution in [1.29, 1.82) is 0 Å². The molecule has 1 atom stereocenters. The van der Waals surface area contributed by atoms with Crippen LogP contribution in [0.25, 0.3) is 0 Å². The van der Waals surface area contributed by atoms with E-state index in [1.165, 1.54) is 17.3 Å². The Morgan fingerprint density at radius 3 is 2.68 bits per heavy atom. The molecule has 34 heavy (non-hydrogen) atoms. The first-order valence-corrected chi connectivity index (χ1v) is 12.1. The molecule has 2 aromatic carbocycles. The number of hydrogen-bond acceptors (Lipinski definition) is 7. The topological polar surface area (TPSA) is 87.5 Å². The van der Waals surface area contributed by atoms with Crippen molar-refractivity contribution in [2.45, 2.75) is 44.5 Å². The number of nitrogens with one attached hydrogen (secondary N) is 1. The van der Waals surface area contributed by atoms with Crippen LogP contribution in [-0.2, 0) is 11.3 Å². The number of benzene rings is 2.